The van der Waals surface area contributed by atoms with Crippen LogP contribution in [0.4, 0.5) is 4.39 Å². The quantitative estimate of drug-likeness (QED) is 0.742. The summed E-state index contributed by atoms with van der Waals surface area (Å²) in [4.78, 5) is 0. The van der Waals surface area contributed by atoms with Crippen LogP contribution in [0, 0.1) is 5.82 Å². The molecule has 0 saturated carbocycles. The molecule has 0 fully saturated rings. The number of unbranched alkanes of at least 4 members (excludes halogenated alkanes) is 1. The summed E-state index contributed by atoms with van der Waals surface area (Å²) in [6.45, 7) is 1.31. The lowest BCUT2D eigenvalue weighted by molar-refractivity contribution is 0.184. The van der Waals surface area contributed by atoms with Crippen molar-refractivity contribution in [3.63, 3.8) is 0 Å². The number of methoxy groups -OCH3 is 1. The molecule has 0 spiro atoms. The first-order chi connectivity index (χ1) is 7.22. The second-order valence-electron chi connectivity index (χ2n) is 3.15. The summed E-state index contributed by atoms with van der Waals surface area (Å²) in [7, 11) is 1.67. The van der Waals surface area contributed by atoms with Crippen molar-refractivity contribution < 1.29 is 13.9 Å². The van der Waals surface area contributed by atoms with E-state index in [1.807, 2.05) is 0 Å². The Morgan fingerprint density at radius 2 is 1.93 bits per heavy atom. The fourth-order valence-electron chi connectivity index (χ4n) is 1.15. The van der Waals surface area contributed by atoms with Crippen molar-refractivity contribution in [2.75, 3.05) is 20.3 Å². The van der Waals surface area contributed by atoms with Crippen molar-refractivity contribution >= 4 is 15.9 Å². The van der Waals surface area contributed by atoms with E-state index < -0.39 is 0 Å². The predicted molar refractivity (Wildman–Crippen MR) is 60.7 cm³/mol. The lowest BCUT2D eigenvalue weighted by Crippen LogP contribution is -1.99. The highest BCUT2D eigenvalue weighted by Gasteiger charge is 1.99. The molecular weight excluding hydrogens is 263 g/mol. The maximum Gasteiger partial charge on any atom is 0.128 e. The Morgan fingerprint density at radius 3 is 2.60 bits per heavy atom. The minimum atomic E-state index is -0.295. The van der Waals surface area contributed by atoms with E-state index in [-0.39, 0.29) is 5.82 Å². The average Bonchev–Trinajstić information content (AvgIpc) is 2.16. The Morgan fingerprint density at radius 1 is 1.20 bits per heavy atom. The molecule has 0 saturated heterocycles. The lowest BCUT2D eigenvalue weighted by atomic mass is 10.3. The van der Waals surface area contributed by atoms with Gasteiger partial charge in [0.25, 0.3) is 0 Å². The summed E-state index contributed by atoms with van der Waals surface area (Å²) in [5, 5.41) is 0. The van der Waals surface area contributed by atoms with Gasteiger partial charge in [0.2, 0.25) is 0 Å². The summed E-state index contributed by atoms with van der Waals surface area (Å²) in [6, 6.07) is 4.53. The minimum Gasteiger partial charge on any atom is -0.493 e. The molecule has 0 unspecified atom stereocenters. The molecule has 1 aromatic carbocycles. The molecule has 0 bridgehead atoms. The zero-order valence-corrected chi connectivity index (χ0v) is 10.2. The SMILES string of the molecule is COCCCCOc1cc(F)cc(Br)c1. The molecule has 1 aromatic rings. The summed E-state index contributed by atoms with van der Waals surface area (Å²) < 4.78 is 23.9. The molecule has 0 atom stereocenters. The van der Waals surface area contributed by atoms with Gasteiger partial charge in [-0.15, -0.1) is 0 Å². The number of hydrogen-bond acceptors (Lipinski definition) is 2. The van der Waals surface area contributed by atoms with Crippen LogP contribution in [0.1, 0.15) is 12.8 Å². The van der Waals surface area contributed by atoms with Gasteiger partial charge >= 0.3 is 0 Å². The van der Waals surface area contributed by atoms with E-state index in [0.717, 1.165) is 19.4 Å². The smallest absolute Gasteiger partial charge is 0.128 e. The normalized spacial score (nSPS) is 10.3. The van der Waals surface area contributed by atoms with Crippen LogP contribution in [0.3, 0.4) is 0 Å². The third kappa shape index (κ3) is 5.14. The van der Waals surface area contributed by atoms with Gasteiger partial charge in [-0.05, 0) is 25.0 Å². The highest BCUT2D eigenvalue weighted by atomic mass is 79.9. The van der Waals surface area contributed by atoms with Gasteiger partial charge in [-0.25, -0.2) is 4.39 Å². The maximum absolute atomic E-state index is 12.9. The molecule has 4 heteroatoms. The molecule has 0 radical (unpaired) electrons. The van der Waals surface area contributed by atoms with E-state index >= 15 is 0 Å². The molecule has 0 aliphatic rings. The number of rotatable bonds is 6. The number of ether oxygens (including phenoxy) is 2. The fourth-order valence-corrected chi connectivity index (χ4v) is 1.59. The lowest BCUT2D eigenvalue weighted by Gasteiger charge is -2.06. The molecular formula is C11H14BrFO2. The van der Waals surface area contributed by atoms with Crippen LogP contribution in [0.2, 0.25) is 0 Å². The third-order valence-electron chi connectivity index (χ3n) is 1.85. The number of halogens is 2. The molecule has 0 heterocycles. The van der Waals surface area contributed by atoms with E-state index in [1.54, 1.807) is 13.2 Å². The van der Waals surface area contributed by atoms with Crippen molar-refractivity contribution in [1.29, 1.82) is 0 Å². The Labute approximate surface area is 97.5 Å². The van der Waals surface area contributed by atoms with E-state index in [2.05, 4.69) is 15.9 Å². The summed E-state index contributed by atoms with van der Waals surface area (Å²) in [5.74, 6) is 0.260. The number of hydrogen-bond donors (Lipinski definition) is 0. The van der Waals surface area contributed by atoms with Crippen molar-refractivity contribution in [3.05, 3.63) is 28.5 Å². The van der Waals surface area contributed by atoms with Crippen LogP contribution in [0.25, 0.3) is 0 Å². The second kappa shape index (κ2) is 6.80. The minimum absolute atomic E-state index is 0.295. The van der Waals surface area contributed by atoms with Gasteiger partial charge in [-0.3, -0.25) is 0 Å². The van der Waals surface area contributed by atoms with E-state index in [4.69, 9.17) is 9.47 Å². The molecule has 0 amide bonds. The first-order valence-electron chi connectivity index (χ1n) is 4.80. The van der Waals surface area contributed by atoms with Gasteiger partial charge in [-0.1, -0.05) is 15.9 Å². The molecule has 0 aliphatic carbocycles. The molecule has 15 heavy (non-hydrogen) atoms. The summed E-state index contributed by atoms with van der Waals surface area (Å²) in [5.41, 5.74) is 0. The number of benzene rings is 1. The Balaban J connectivity index is 2.31. The third-order valence-corrected chi connectivity index (χ3v) is 2.31. The van der Waals surface area contributed by atoms with Gasteiger partial charge < -0.3 is 9.47 Å². The first-order valence-corrected chi connectivity index (χ1v) is 5.59. The highest BCUT2D eigenvalue weighted by Crippen LogP contribution is 2.20. The van der Waals surface area contributed by atoms with Crippen LogP contribution < -0.4 is 4.74 Å². The molecule has 0 aromatic heterocycles. The molecule has 2 nitrogen and oxygen atoms in total. The zero-order valence-electron chi connectivity index (χ0n) is 8.63. The van der Waals surface area contributed by atoms with E-state index in [1.165, 1.54) is 12.1 Å². The Hall–Kier alpha value is -0.610. The van der Waals surface area contributed by atoms with Crippen LogP contribution >= 0.6 is 15.9 Å². The standard InChI is InChI=1S/C11H14BrFO2/c1-14-4-2-3-5-15-11-7-9(12)6-10(13)8-11/h6-8H,2-5H2,1H3. The summed E-state index contributed by atoms with van der Waals surface area (Å²) in [6.07, 6.45) is 1.86. The van der Waals surface area contributed by atoms with Crippen LogP contribution in [-0.4, -0.2) is 20.3 Å². The monoisotopic (exact) mass is 276 g/mol. The van der Waals surface area contributed by atoms with E-state index in [9.17, 15) is 4.39 Å². The molecule has 0 aliphatic heterocycles. The first kappa shape index (κ1) is 12.5. The predicted octanol–water partition coefficient (Wildman–Crippen LogP) is 3.39. The fraction of sp³-hybridized carbons (Fsp3) is 0.455. The Bertz CT molecular complexity index is 284. The highest BCUT2D eigenvalue weighted by molar-refractivity contribution is 9.10. The maximum atomic E-state index is 12.9. The van der Waals surface area contributed by atoms with Gasteiger partial charge in [0, 0.05) is 24.3 Å². The van der Waals surface area contributed by atoms with Crippen LogP contribution in [0.5, 0.6) is 5.75 Å². The average molecular weight is 277 g/mol. The topological polar surface area (TPSA) is 18.5 Å². The van der Waals surface area contributed by atoms with Crippen molar-refractivity contribution in [3.8, 4) is 5.75 Å². The molecule has 84 valence electrons. The van der Waals surface area contributed by atoms with E-state index in [0.29, 0.717) is 16.8 Å². The van der Waals surface area contributed by atoms with Crippen molar-refractivity contribution in [1.82, 2.24) is 0 Å². The van der Waals surface area contributed by atoms with Crippen LogP contribution in [-0.2, 0) is 4.74 Å². The van der Waals surface area contributed by atoms with Crippen LogP contribution in [0.15, 0.2) is 22.7 Å². The molecule has 1 rings (SSSR count). The van der Waals surface area contributed by atoms with Crippen molar-refractivity contribution in [2.24, 2.45) is 0 Å². The second-order valence-corrected chi connectivity index (χ2v) is 4.07. The van der Waals surface area contributed by atoms with Gasteiger partial charge in [-0.2, -0.15) is 0 Å². The molecule has 0 N–H and O–H groups in total. The summed E-state index contributed by atoms with van der Waals surface area (Å²) >= 11 is 3.21. The zero-order chi connectivity index (χ0) is 11.1. The van der Waals surface area contributed by atoms with Gasteiger partial charge in [0.15, 0.2) is 0 Å². The Kier molecular flexibility index (Phi) is 5.65. The largest absolute Gasteiger partial charge is 0.493 e. The van der Waals surface area contributed by atoms with Gasteiger partial charge in [0.1, 0.15) is 11.6 Å². The van der Waals surface area contributed by atoms with Gasteiger partial charge in [0.05, 0.1) is 6.61 Å². The van der Waals surface area contributed by atoms with Crippen molar-refractivity contribution in [2.45, 2.75) is 12.8 Å².